The summed E-state index contributed by atoms with van der Waals surface area (Å²) in [4.78, 5) is 0. The molecule has 0 aromatic heterocycles. The van der Waals surface area contributed by atoms with Gasteiger partial charge in [-0.15, -0.1) is 6.58 Å². The second-order valence-electron chi connectivity index (χ2n) is 4.51. The molecule has 0 amide bonds. The monoisotopic (exact) mass is 186 g/mol. The summed E-state index contributed by atoms with van der Waals surface area (Å²) in [5, 5.41) is 0. The molecule has 0 aromatic carbocycles. The SMILES string of the molecule is C=CCC(C)(CC)O[Si](C)(C)C. The first kappa shape index (κ1) is 11.9. The molecule has 2 heteroatoms. The zero-order chi connectivity index (χ0) is 9.83. The van der Waals surface area contributed by atoms with Gasteiger partial charge in [-0.2, -0.15) is 0 Å². The van der Waals surface area contributed by atoms with Crippen LogP contribution in [-0.2, 0) is 4.43 Å². The highest BCUT2D eigenvalue weighted by Crippen LogP contribution is 2.24. The van der Waals surface area contributed by atoms with Crippen LogP contribution in [-0.4, -0.2) is 13.9 Å². The van der Waals surface area contributed by atoms with Gasteiger partial charge in [0.15, 0.2) is 8.32 Å². The first-order valence-corrected chi connectivity index (χ1v) is 8.05. The zero-order valence-corrected chi connectivity index (χ0v) is 10.1. The lowest BCUT2D eigenvalue weighted by atomic mass is 10.00. The van der Waals surface area contributed by atoms with Gasteiger partial charge in [0.1, 0.15) is 0 Å². The number of rotatable bonds is 5. The van der Waals surface area contributed by atoms with Gasteiger partial charge in [0.2, 0.25) is 0 Å². The Kier molecular flexibility index (Phi) is 4.21. The molecule has 1 unspecified atom stereocenters. The Hall–Kier alpha value is -0.0831. The summed E-state index contributed by atoms with van der Waals surface area (Å²) in [6.45, 7) is 14.8. The summed E-state index contributed by atoms with van der Waals surface area (Å²) < 4.78 is 6.08. The fourth-order valence-electron chi connectivity index (χ4n) is 1.30. The minimum atomic E-state index is -1.40. The van der Waals surface area contributed by atoms with E-state index in [-0.39, 0.29) is 5.60 Å². The number of hydrogen-bond acceptors (Lipinski definition) is 1. The molecule has 0 fully saturated rings. The summed E-state index contributed by atoms with van der Waals surface area (Å²) in [5.41, 5.74) is 0.0201. The maximum absolute atomic E-state index is 6.08. The molecule has 0 aliphatic carbocycles. The van der Waals surface area contributed by atoms with Crippen molar-refractivity contribution in [1.82, 2.24) is 0 Å². The summed E-state index contributed by atoms with van der Waals surface area (Å²) in [5.74, 6) is 0. The molecular weight excluding hydrogens is 164 g/mol. The minimum Gasteiger partial charge on any atom is -0.412 e. The van der Waals surface area contributed by atoms with Crippen molar-refractivity contribution in [3.63, 3.8) is 0 Å². The zero-order valence-electron chi connectivity index (χ0n) is 9.11. The first-order valence-electron chi connectivity index (χ1n) is 4.64. The van der Waals surface area contributed by atoms with E-state index in [1.54, 1.807) is 0 Å². The Morgan fingerprint density at radius 1 is 1.42 bits per heavy atom. The van der Waals surface area contributed by atoms with E-state index in [2.05, 4.69) is 40.1 Å². The smallest absolute Gasteiger partial charge is 0.184 e. The summed E-state index contributed by atoms with van der Waals surface area (Å²) in [6.07, 6.45) is 3.96. The van der Waals surface area contributed by atoms with Gasteiger partial charge in [0, 0.05) is 0 Å². The van der Waals surface area contributed by atoms with Gasteiger partial charge >= 0.3 is 0 Å². The summed E-state index contributed by atoms with van der Waals surface area (Å²) >= 11 is 0. The Morgan fingerprint density at radius 2 is 1.92 bits per heavy atom. The van der Waals surface area contributed by atoms with E-state index in [1.807, 2.05) is 6.08 Å². The lowest BCUT2D eigenvalue weighted by molar-refractivity contribution is 0.0796. The van der Waals surface area contributed by atoms with Crippen molar-refractivity contribution in [2.45, 2.75) is 51.9 Å². The van der Waals surface area contributed by atoms with Crippen LogP contribution in [0.5, 0.6) is 0 Å². The predicted molar refractivity (Wildman–Crippen MR) is 57.9 cm³/mol. The fraction of sp³-hybridized carbons (Fsp3) is 0.800. The summed E-state index contributed by atoms with van der Waals surface area (Å²) in [6, 6.07) is 0. The molecule has 0 bridgehead atoms. The molecule has 0 saturated heterocycles. The van der Waals surface area contributed by atoms with Crippen LogP contribution >= 0.6 is 0 Å². The molecule has 0 heterocycles. The highest BCUT2D eigenvalue weighted by Gasteiger charge is 2.28. The van der Waals surface area contributed by atoms with Crippen LogP contribution in [0.2, 0.25) is 19.6 Å². The summed E-state index contributed by atoms with van der Waals surface area (Å²) in [7, 11) is -1.40. The largest absolute Gasteiger partial charge is 0.412 e. The quantitative estimate of drug-likeness (QED) is 0.471. The highest BCUT2D eigenvalue weighted by atomic mass is 28.4. The number of hydrogen-bond donors (Lipinski definition) is 0. The van der Waals surface area contributed by atoms with E-state index in [9.17, 15) is 0 Å². The Morgan fingerprint density at radius 3 is 2.17 bits per heavy atom. The first-order chi connectivity index (χ1) is 5.33. The third kappa shape index (κ3) is 4.73. The van der Waals surface area contributed by atoms with E-state index in [0.717, 1.165) is 12.8 Å². The predicted octanol–water partition coefficient (Wildman–Crippen LogP) is 3.58. The van der Waals surface area contributed by atoms with E-state index in [0.29, 0.717) is 0 Å². The lowest BCUT2D eigenvalue weighted by Crippen LogP contribution is -2.39. The van der Waals surface area contributed by atoms with Gasteiger partial charge in [-0.3, -0.25) is 0 Å². The standard InChI is InChI=1S/C10H22OSi/c1-7-9-10(3,8-2)11-12(4,5)6/h7H,1,8-9H2,2-6H3. The molecule has 0 aromatic rings. The van der Waals surface area contributed by atoms with Gasteiger partial charge in [-0.1, -0.05) is 13.0 Å². The van der Waals surface area contributed by atoms with Crippen LogP contribution in [0.4, 0.5) is 0 Å². The van der Waals surface area contributed by atoms with Crippen molar-refractivity contribution < 1.29 is 4.43 Å². The highest BCUT2D eigenvalue weighted by molar-refractivity contribution is 6.69. The van der Waals surface area contributed by atoms with E-state index >= 15 is 0 Å². The van der Waals surface area contributed by atoms with Gasteiger partial charge in [0.25, 0.3) is 0 Å². The minimum absolute atomic E-state index is 0.0201. The van der Waals surface area contributed by atoms with Crippen molar-refractivity contribution in [3.05, 3.63) is 12.7 Å². The average molecular weight is 186 g/mol. The van der Waals surface area contributed by atoms with Crippen molar-refractivity contribution in [3.8, 4) is 0 Å². The molecule has 72 valence electrons. The van der Waals surface area contributed by atoms with Crippen molar-refractivity contribution in [1.29, 1.82) is 0 Å². The molecule has 0 aliphatic heterocycles. The molecule has 0 aliphatic rings. The van der Waals surface area contributed by atoms with Crippen LogP contribution in [0.3, 0.4) is 0 Å². The van der Waals surface area contributed by atoms with Crippen molar-refractivity contribution in [2.24, 2.45) is 0 Å². The molecule has 1 atom stereocenters. The topological polar surface area (TPSA) is 9.23 Å². The molecule has 0 radical (unpaired) electrons. The lowest BCUT2D eigenvalue weighted by Gasteiger charge is -2.34. The third-order valence-corrected chi connectivity index (χ3v) is 2.98. The van der Waals surface area contributed by atoms with Crippen molar-refractivity contribution >= 4 is 8.32 Å². The molecule has 0 N–H and O–H groups in total. The van der Waals surface area contributed by atoms with Crippen LogP contribution < -0.4 is 0 Å². The van der Waals surface area contributed by atoms with E-state index in [4.69, 9.17) is 4.43 Å². The Labute approximate surface area is 78.0 Å². The van der Waals surface area contributed by atoms with Crippen LogP contribution in [0.1, 0.15) is 26.7 Å². The molecule has 0 spiro atoms. The van der Waals surface area contributed by atoms with Gasteiger partial charge < -0.3 is 4.43 Å². The molecule has 12 heavy (non-hydrogen) atoms. The Bertz CT molecular complexity index is 148. The van der Waals surface area contributed by atoms with Gasteiger partial charge in [-0.25, -0.2) is 0 Å². The van der Waals surface area contributed by atoms with Crippen molar-refractivity contribution in [2.75, 3.05) is 0 Å². The van der Waals surface area contributed by atoms with E-state index in [1.165, 1.54) is 0 Å². The molecule has 0 rings (SSSR count). The molecule has 1 nitrogen and oxygen atoms in total. The maximum Gasteiger partial charge on any atom is 0.184 e. The van der Waals surface area contributed by atoms with Crippen LogP contribution in [0.15, 0.2) is 12.7 Å². The normalized spacial score (nSPS) is 17.1. The van der Waals surface area contributed by atoms with E-state index < -0.39 is 8.32 Å². The van der Waals surface area contributed by atoms with Gasteiger partial charge in [-0.05, 0) is 39.4 Å². The molecule has 0 saturated carbocycles. The second kappa shape index (κ2) is 4.24. The fourth-order valence-corrected chi connectivity index (χ4v) is 3.01. The second-order valence-corrected chi connectivity index (χ2v) is 8.94. The molecular formula is C10H22OSi. The maximum atomic E-state index is 6.08. The third-order valence-electron chi connectivity index (χ3n) is 1.88. The van der Waals surface area contributed by atoms with Crippen LogP contribution in [0.25, 0.3) is 0 Å². The van der Waals surface area contributed by atoms with Crippen LogP contribution in [0, 0.1) is 0 Å². The van der Waals surface area contributed by atoms with Gasteiger partial charge in [0.05, 0.1) is 5.60 Å². The average Bonchev–Trinajstić information content (AvgIpc) is 1.84. The Balaban J connectivity index is 4.23.